The normalized spacial score (nSPS) is 12.9. The Morgan fingerprint density at radius 3 is 2.52 bits per heavy atom. The number of anilines is 1. The highest BCUT2D eigenvalue weighted by atomic mass is 16.4. The molecule has 0 aromatic carbocycles. The van der Waals surface area contributed by atoms with E-state index in [9.17, 15) is 9.90 Å². The summed E-state index contributed by atoms with van der Waals surface area (Å²) in [7, 11) is 3.75. The highest BCUT2D eigenvalue weighted by Crippen LogP contribution is 2.33. The van der Waals surface area contributed by atoms with Gasteiger partial charge in [-0.3, -0.25) is 4.68 Å². The number of carbonyl (C=O) groups is 1. The fraction of sp³-hybridized carbons (Fsp3) is 0.533. The molecule has 2 aromatic rings. The van der Waals surface area contributed by atoms with Crippen LogP contribution in [0.5, 0.6) is 0 Å². The quantitative estimate of drug-likeness (QED) is 0.936. The van der Waals surface area contributed by atoms with Gasteiger partial charge in [0.2, 0.25) is 0 Å². The minimum absolute atomic E-state index is 0.202. The van der Waals surface area contributed by atoms with Gasteiger partial charge in [0.15, 0.2) is 5.65 Å². The first-order valence-electron chi connectivity index (χ1n) is 7.04. The van der Waals surface area contributed by atoms with Crippen LogP contribution >= 0.6 is 0 Å². The van der Waals surface area contributed by atoms with Crippen LogP contribution < -0.4 is 4.90 Å². The fourth-order valence-corrected chi connectivity index (χ4v) is 2.57. The van der Waals surface area contributed by atoms with Crippen LogP contribution in [-0.2, 0) is 7.05 Å². The van der Waals surface area contributed by atoms with Crippen molar-refractivity contribution in [2.45, 2.75) is 33.7 Å². The molecule has 0 fully saturated rings. The van der Waals surface area contributed by atoms with Gasteiger partial charge in [0.05, 0.1) is 16.8 Å². The average molecular weight is 290 g/mol. The largest absolute Gasteiger partial charge is 0.478 e. The number of nitrogens with zero attached hydrogens (tertiary/aromatic N) is 4. The van der Waals surface area contributed by atoms with Gasteiger partial charge in [-0.15, -0.1) is 0 Å². The summed E-state index contributed by atoms with van der Waals surface area (Å²) in [5.74, 6) is -0.567. The number of carboxylic acid groups (broad SMARTS) is 1. The number of hydrogen-bond donors (Lipinski definition) is 1. The Balaban J connectivity index is 2.79. The Labute approximate surface area is 124 Å². The number of fused-ring (bicyclic) bond motifs is 1. The molecule has 0 aliphatic carbocycles. The number of aromatic nitrogens is 3. The van der Waals surface area contributed by atoms with E-state index >= 15 is 0 Å². The van der Waals surface area contributed by atoms with E-state index in [0.29, 0.717) is 17.3 Å². The zero-order valence-corrected chi connectivity index (χ0v) is 13.4. The molecule has 0 spiro atoms. The van der Waals surface area contributed by atoms with Crippen molar-refractivity contribution >= 4 is 22.7 Å². The van der Waals surface area contributed by atoms with Crippen LogP contribution in [0.25, 0.3) is 11.0 Å². The summed E-state index contributed by atoms with van der Waals surface area (Å²) in [4.78, 5) is 17.9. The summed E-state index contributed by atoms with van der Waals surface area (Å²) < 4.78 is 1.69. The maximum absolute atomic E-state index is 11.6. The van der Waals surface area contributed by atoms with Crippen molar-refractivity contribution in [2.75, 3.05) is 11.9 Å². The number of aromatic carboxylic acids is 1. The molecule has 2 aromatic heterocycles. The average Bonchev–Trinajstić information content (AvgIpc) is 2.71. The molecule has 0 aliphatic rings. The summed E-state index contributed by atoms with van der Waals surface area (Å²) in [6.07, 6.45) is 1.42. The summed E-state index contributed by atoms with van der Waals surface area (Å²) in [6, 6.07) is 0.202. The Bertz CT molecular complexity index is 691. The number of pyridine rings is 1. The van der Waals surface area contributed by atoms with Crippen molar-refractivity contribution in [3.05, 3.63) is 17.5 Å². The summed E-state index contributed by atoms with van der Waals surface area (Å²) in [5, 5.41) is 14.7. The van der Waals surface area contributed by atoms with Crippen LogP contribution in [0.2, 0.25) is 0 Å². The molecule has 1 N–H and O–H groups in total. The first-order valence-corrected chi connectivity index (χ1v) is 7.04. The molecule has 21 heavy (non-hydrogen) atoms. The molecule has 0 aliphatic heterocycles. The van der Waals surface area contributed by atoms with E-state index in [0.717, 1.165) is 11.1 Å². The third-order valence-electron chi connectivity index (χ3n) is 4.16. The minimum atomic E-state index is -0.967. The van der Waals surface area contributed by atoms with E-state index in [2.05, 4.69) is 30.9 Å². The van der Waals surface area contributed by atoms with E-state index in [4.69, 9.17) is 0 Å². The highest BCUT2D eigenvalue weighted by Gasteiger charge is 2.25. The van der Waals surface area contributed by atoms with Gasteiger partial charge in [0.1, 0.15) is 5.56 Å². The number of hydrogen-bond acceptors (Lipinski definition) is 4. The van der Waals surface area contributed by atoms with Gasteiger partial charge in [0, 0.05) is 26.3 Å². The smallest absolute Gasteiger partial charge is 0.339 e. The lowest BCUT2D eigenvalue weighted by atomic mass is 10.0. The van der Waals surface area contributed by atoms with Crippen molar-refractivity contribution in [2.24, 2.45) is 13.0 Å². The molecular formula is C15H22N4O2. The fourth-order valence-electron chi connectivity index (χ4n) is 2.57. The van der Waals surface area contributed by atoms with Crippen molar-refractivity contribution in [1.29, 1.82) is 0 Å². The molecule has 6 heteroatoms. The van der Waals surface area contributed by atoms with Crippen molar-refractivity contribution in [3.8, 4) is 0 Å². The van der Waals surface area contributed by atoms with Gasteiger partial charge < -0.3 is 10.0 Å². The van der Waals surface area contributed by atoms with Crippen LogP contribution in [0, 0.1) is 12.8 Å². The van der Waals surface area contributed by atoms with Crippen LogP contribution in [0.1, 0.15) is 36.8 Å². The molecule has 0 saturated heterocycles. The lowest BCUT2D eigenvalue weighted by Gasteiger charge is -2.31. The lowest BCUT2D eigenvalue weighted by Crippen LogP contribution is -2.34. The third kappa shape index (κ3) is 2.46. The third-order valence-corrected chi connectivity index (χ3v) is 4.16. The highest BCUT2D eigenvalue weighted by molar-refractivity contribution is 6.04. The van der Waals surface area contributed by atoms with Gasteiger partial charge in [-0.05, 0) is 19.8 Å². The first-order chi connectivity index (χ1) is 9.75. The zero-order chi connectivity index (χ0) is 15.9. The summed E-state index contributed by atoms with van der Waals surface area (Å²) in [5.41, 5.74) is 2.41. The Hall–Kier alpha value is -2.11. The minimum Gasteiger partial charge on any atom is -0.478 e. The van der Waals surface area contributed by atoms with Crippen molar-refractivity contribution in [3.63, 3.8) is 0 Å². The van der Waals surface area contributed by atoms with E-state index in [1.165, 1.54) is 6.20 Å². The molecule has 1 atom stereocenters. The molecule has 0 radical (unpaired) electrons. The maximum atomic E-state index is 11.6. The van der Waals surface area contributed by atoms with Crippen LogP contribution in [0.15, 0.2) is 6.20 Å². The maximum Gasteiger partial charge on any atom is 0.339 e. The molecule has 2 heterocycles. The van der Waals surface area contributed by atoms with Crippen LogP contribution in [-0.4, -0.2) is 38.9 Å². The van der Waals surface area contributed by atoms with Crippen molar-refractivity contribution < 1.29 is 9.90 Å². The number of rotatable bonds is 4. The van der Waals surface area contributed by atoms with E-state index in [-0.39, 0.29) is 11.6 Å². The predicted molar refractivity (Wildman–Crippen MR) is 82.9 cm³/mol. The van der Waals surface area contributed by atoms with E-state index < -0.39 is 5.97 Å². The Morgan fingerprint density at radius 2 is 2.00 bits per heavy atom. The first kappa shape index (κ1) is 15.3. The second kappa shape index (κ2) is 5.35. The molecule has 2 rings (SSSR count). The zero-order valence-electron chi connectivity index (χ0n) is 13.4. The number of aryl methyl sites for hydroxylation is 2. The van der Waals surface area contributed by atoms with Gasteiger partial charge >= 0.3 is 5.97 Å². The van der Waals surface area contributed by atoms with Gasteiger partial charge in [-0.1, -0.05) is 13.8 Å². The molecule has 0 amide bonds. The van der Waals surface area contributed by atoms with E-state index in [1.54, 1.807) is 4.68 Å². The molecule has 114 valence electrons. The topological polar surface area (TPSA) is 71.2 Å². The van der Waals surface area contributed by atoms with Gasteiger partial charge in [-0.2, -0.15) is 5.10 Å². The van der Waals surface area contributed by atoms with Gasteiger partial charge in [-0.25, -0.2) is 9.78 Å². The monoisotopic (exact) mass is 290 g/mol. The molecule has 1 unspecified atom stereocenters. The summed E-state index contributed by atoms with van der Waals surface area (Å²) in [6.45, 7) is 8.22. The SMILES string of the molecule is Cc1nn(C)c2ncc(C(=O)O)c(N(C)C(C)C(C)C)c12. The lowest BCUT2D eigenvalue weighted by molar-refractivity contribution is 0.0697. The molecule has 0 saturated carbocycles. The Kier molecular flexibility index (Phi) is 3.89. The van der Waals surface area contributed by atoms with Crippen LogP contribution in [0.4, 0.5) is 5.69 Å². The molecular weight excluding hydrogens is 268 g/mol. The van der Waals surface area contributed by atoms with Gasteiger partial charge in [0.25, 0.3) is 0 Å². The molecule has 0 bridgehead atoms. The van der Waals surface area contributed by atoms with Crippen molar-refractivity contribution in [1.82, 2.24) is 14.8 Å². The Morgan fingerprint density at radius 1 is 1.38 bits per heavy atom. The second-order valence-corrected chi connectivity index (χ2v) is 5.83. The predicted octanol–water partition coefficient (Wildman–Crippen LogP) is 2.46. The molecule has 6 nitrogen and oxygen atoms in total. The second-order valence-electron chi connectivity index (χ2n) is 5.83. The van der Waals surface area contributed by atoms with Crippen LogP contribution in [0.3, 0.4) is 0 Å². The number of carboxylic acids is 1. The van der Waals surface area contributed by atoms with E-state index in [1.807, 2.05) is 25.9 Å². The summed E-state index contributed by atoms with van der Waals surface area (Å²) >= 11 is 0. The standard InChI is InChI=1S/C15H22N4O2/c1-8(2)10(4)18(5)13-11(15(20)21)7-16-14-12(13)9(3)17-19(14)6/h7-8,10H,1-6H3,(H,20,21).